The summed E-state index contributed by atoms with van der Waals surface area (Å²) in [4.78, 5) is 13.9. The fourth-order valence-corrected chi connectivity index (χ4v) is 4.46. The summed E-state index contributed by atoms with van der Waals surface area (Å²) in [6.07, 6.45) is 0.462. The maximum Gasteiger partial charge on any atom is 0.234 e. The van der Waals surface area contributed by atoms with E-state index in [1.165, 1.54) is 12.1 Å². The fourth-order valence-electron chi connectivity index (χ4n) is 2.56. The molecule has 23 heavy (non-hydrogen) atoms. The van der Waals surface area contributed by atoms with E-state index < -0.39 is 15.7 Å². The highest BCUT2D eigenvalue weighted by molar-refractivity contribution is 7.91. The number of carbonyl (C=O) groups excluding carboxylic acids is 1. The van der Waals surface area contributed by atoms with Crippen LogP contribution in [0.4, 0.5) is 4.39 Å². The molecule has 0 spiro atoms. The molecule has 1 saturated heterocycles. The molecule has 1 aliphatic rings. The average Bonchev–Trinajstić information content (AvgIpc) is 2.79. The molecule has 2 rings (SSSR count). The van der Waals surface area contributed by atoms with E-state index in [4.69, 9.17) is 11.6 Å². The molecule has 5 nitrogen and oxygen atoms in total. The molecule has 1 aliphatic heterocycles. The molecule has 0 aliphatic carbocycles. The molecule has 1 N–H and O–H groups in total. The predicted octanol–water partition coefficient (Wildman–Crippen LogP) is 1.60. The van der Waals surface area contributed by atoms with Gasteiger partial charge >= 0.3 is 0 Å². The molecular weight excluding hydrogens is 343 g/mol. The van der Waals surface area contributed by atoms with E-state index in [1.807, 2.05) is 11.8 Å². The maximum absolute atomic E-state index is 13.1. The second kappa shape index (κ2) is 7.59. The number of benzene rings is 1. The Bertz CT molecular complexity index is 681. The van der Waals surface area contributed by atoms with Crippen LogP contribution in [0.25, 0.3) is 0 Å². The van der Waals surface area contributed by atoms with Crippen LogP contribution in [-0.4, -0.2) is 49.9 Å². The van der Waals surface area contributed by atoms with Crippen molar-refractivity contribution in [3.8, 4) is 0 Å². The molecule has 1 aromatic rings. The van der Waals surface area contributed by atoms with Gasteiger partial charge in [-0.15, -0.1) is 0 Å². The number of nitrogens with one attached hydrogen (secondary N) is 1. The number of nitrogens with zero attached hydrogens (tertiary/aromatic N) is 1. The highest BCUT2D eigenvalue weighted by atomic mass is 35.5. The topological polar surface area (TPSA) is 66.5 Å². The van der Waals surface area contributed by atoms with Gasteiger partial charge in [0.2, 0.25) is 5.91 Å². The lowest BCUT2D eigenvalue weighted by Crippen LogP contribution is -2.42. The van der Waals surface area contributed by atoms with Gasteiger partial charge < -0.3 is 5.32 Å². The van der Waals surface area contributed by atoms with E-state index in [2.05, 4.69) is 5.32 Å². The first-order chi connectivity index (χ1) is 10.8. The van der Waals surface area contributed by atoms with Crippen molar-refractivity contribution >= 4 is 27.3 Å². The molecule has 0 bridgehead atoms. The monoisotopic (exact) mass is 362 g/mol. The zero-order valence-electron chi connectivity index (χ0n) is 12.9. The second-order valence-electron chi connectivity index (χ2n) is 5.71. The van der Waals surface area contributed by atoms with Crippen molar-refractivity contribution in [2.24, 2.45) is 0 Å². The Hall–Kier alpha value is -1.18. The third-order valence-electron chi connectivity index (χ3n) is 3.82. The van der Waals surface area contributed by atoms with E-state index in [1.54, 1.807) is 6.07 Å². The lowest BCUT2D eigenvalue weighted by atomic mass is 10.2. The van der Waals surface area contributed by atoms with Gasteiger partial charge in [0, 0.05) is 17.6 Å². The van der Waals surface area contributed by atoms with Gasteiger partial charge in [0.15, 0.2) is 9.84 Å². The van der Waals surface area contributed by atoms with Crippen LogP contribution in [0.15, 0.2) is 18.2 Å². The summed E-state index contributed by atoms with van der Waals surface area (Å²) in [6.45, 7) is 3.08. The maximum atomic E-state index is 13.1. The summed E-state index contributed by atoms with van der Waals surface area (Å²) in [5.41, 5.74) is 0.742. The number of halogens is 2. The summed E-state index contributed by atoms with van der Waals surface area (Å²) in [7, 11) is -3.01. The minimum absolute atomic E-state index is 0.00859. The molecular formula is C15H20ClFN2O3S. The Morgan fingerprint density at radius 2 is 2.22 bits per heavy atom. The van der Waals surface area contributed by atoms with Crippen LogP contribution in [0.1, 0.15) is 18.9 Å². The summed E-state index contributed by atoms with van der Waals surface area (Å²) in [6, 6.07) is 3.87. The summed E-state index contributed by atoms with van der Waals surface area (Å²) < 4.78 is 35.9. The molecule has 1 aromatic carbocycles. The number of carbonyl (C=O) groups is 1. The van der Waals surface area contributed by atoms with E-state index in [9.17, 15) is 17.6 Å². The van der Waals surface area contributed by atoms with Crippen molar-refractivity contribution < 1.29 is 17.6 Å². The largest absolute Gasteiger partial charge is 0.351 e. The van der Waals surface area contributed by atoms with Crippen LogP contribution in [0.2, 0.25) is 5.02 Å². The first-order valence-electron chi connectivity index (χ1n) is 7.45. The van der Waals surface area contributed by atoms with Gasteiger partial charge in [-0.2, -0.15) is 0 Å². The molecule has 1 fully saturated rings. The smallest absolute Gasteiger partial charge is 0.234 e. The molecule has 128 valence electrons. The standard InChI is InChI=1S/C15H20ClFN2O3S/c1-2-19(8-11-3-4-12(17)7-14(11)16)9-15(20)18-13-5-6-23(21,22)10-13/h3-4,7,13H,2,5-6,8-10H2,1H3,(H,18,20)/t13-/m1/s1. The highest BCUT2D eigenvalue weighted by Gasteiger charge is 2.29. The molecule has 0 unspecified atom stereocenters. The fraction of sp³-hybridized carbons (Fsp3) is 0.533. The number of hydrogen-bond acceptors (Lipinski definition) is 4. The number of sulfone groups is 1. The first-order valence-corrected chi connectivity index (χ1v) is 9.65. The first kappa shape index (κ1) is 18.2. The molecule has 1 heterocycles. The van der Waals surface area contributed by atoms with Crippen molar-refractivity contribution in [1.29, 1.82) is 0 Å². The Balaban J connectivity index is 1.90. The lowest BCUT2D eigenvalue weighted by molar-refractivity contribution is -0.122. The van der Waals surface area contributed by atoms with Crippen LogP contribution in [-0.2, 0) is 21.2 Å². The van der Waals surface area contributed by atoms with Gasteiger partial charge in [-0.05, 0) is 30.7 Å². The van der Waals surface area contributed by atoms with Crippen LogP contribution in [0, 0.1) is 5.82 Å². The van der Waals surface area contributed by atoms with E-state index in [0.29, 0.717) is 24.5 Å². The van der Waals surface area contributed by atoms with Crippen LogP contribution in [0.3, 0.4) is 0 Å². The number of likely N-dealkylation sites (N-methyl/N-ethyl adjacent to an activating group) is 1. The van der Waals surface area contributed by atoms with E-state index in [-0.39, 0.29) is 30.0 Å². The number of hydrogen-bond donors (Lipinski definition) is 1. The Morgan fingerprint density at radius 1 is 1.48 bits per heavy atom. The Labute approximate surface area is 140 Å². The second-order valence-corrected chi connectivity index (χ2v) is 8.34. The van der Waals surface area contributed by atoms with Gasteiger partial charge in [0.05, 0.1) is 18.1 Å². The zero-order chi connectivity index (χ0) is 17.0. The van der Waals surface area contributed by atoms with Gasteiger partial charge in [-0.1, -0.05) is 24.6 Å². The van der Waals surface area contributed by atoms with Gasteiger partial charge in [-0.25, -0.2) is 12.8 Å². The molecule has 0 aromatic heterocycles. The Morgan fingerprint density at radius 3 is 2.78 bits per heavy atom. The quantitative estimate of drug-likeness (QED) is 0.834. The lowest BCUT2D eigenvalue weighted by Gasteiger charge is -2.21. The molecule has 0 radical (unpaired) electrons. The van der Waals surface area contributed by atoms with E-state index in [0.717, 1.165) is 5.56 Å². The molecule has 1 atom stereocenters. The number of amides is 1. The van der Waals surface area contributed by atoms with Crippen molar-refractivity contribution in [3.63, 3.8) is 0 Å². The SMILES string of the molecule is CCN(CC(=O)N[C@@H]1CCS(=O)(=O)C1)Cc1ccc(F)cc1Cl. The Kier molecular flexibility index (Phi) is 6.00. The van der Waals surface area contributed by atoms with Crippen molar-refractivity contribution in [1.82, 2.24) is 10.2 Å². The minimum atomic E-state index is -3.01. The summed E-state index contributed by atoms with van der Waals surface area (Å²) in [5, 5.41) is 3.08. The highest BCUT2D eigenvalue weighted by Crippen LogP contribution is 2.19. The van der Waals surface area contributed by atoms with Crippen LogP contribution in [0.5, 0.6) is 0 Å². The van der Waals surface area contributed by atoms with Gasteiger partial charge in [-0.3, -0.25) is 9.69 Å². The van der Waals surface area contributed by atoms with Crippen LogP contribution < -0.4 is 5.32 Å². The summed E-state index contributed by atoms with van der Waals surface area (Å²) in [5.74, 6) is -0.482. The average molecular weight is 363 g/mol. The third kappa shape index (κ3) is 5.44. The van der Waals surface area contributed by atoms with Gasteiger partial charge in [0.1, 0.15) is 5.82 Å². The van der Waals surface area contributed by atoms with E-state index >= 15 is 0 Å². The van der Waals surface area contributed by atoms with Crippen LogP contribution >= 0.6 is 11.6 Å². The number of rotatable bonds is 6. The third-order valence-corrected chi connectivity index (χ3v) is 5.94. The normalized spacial score (nSPS) is 19.9. The van der Waals surface area contributed by atoms with Crippen molar-refractivity contribution in [2.75, 3.05) is 24.6 Å². The van der Waals surface area contributed by atoms with Crippen molar-refractivity contribution in [2.45, 2.75) is 25.9 Å². The minimum Gasteiger partial charge on any atom is -0.351 e. The van der Waals surface area contributed by atoms with Gasteiger partial charge in [0.25, 0.3) is 0 Å². The zero-order valence-corrected chi connectivity index (χ0v) is 14.5. The predicted molar refractivity (Wildman–Crippen MR) is 87.6 cm³/mol. The summed E-state index contributed by atoms with van der Waals surface area (Å²) >= 11 is 6.00. The molecule has 8 heteroatoms. The molecule has 1 amide bonds. The molecule has 0 saturated carbocycles. The van der Waals surface area contributed by atoms with Crippen molar-refractivity contribution in [3.05, 3.63) is 34.6 Å².